The number of benzene rings is 2. The highest BCUT2D eigenvalue weighted by atomic mass is 19.4. The number of nitrogens with one attached hydrogen (secondary N) is 2. The Balaban J connectivity index is 1.59. The quantitative estimate of drug-likeness (QED) is 0.473. The fourth-order valence-corrected chi connectivity index (χ4v) is 3.76. The van der Waals surface area contributed by atoms with E-state index in [0.717, 1.165) is 17.7 Å². The third kappa shape index (κ3) is 6.48. The topological polar surface area (TPSA) is 96.9 Å². The van der Waals surface area contributed by atoms with Crippen LogP contribution in [-0.2, 0) is 15.7 Å². The van der Waals surface area contributed by atoms with Crippen molar-refractivity contribution in [1.82, 2.24) is 10.6 Å². The smallest absolute Gasteiger partial charge is 0.416 e. The molecule has 3 rings (SSSR count). The summed E-state index contributed by atoms with van der Waals surface area (Å²) in [4.78, 5) is 24.2. The van der Waals surface area contributed by atoms with Gasteiger partial charge in [-0.2, -0.15) is 13.2 Å². The van der Waals surface area contributed by atoms with Gasteiger partial charge < -0.3 is 19.9 Å². The molecular formula is C24H27F3N2O5. The highest BCUT2D eigenvalue weighted by molar-refractivity contribution is 5.88. The van der Waals surface area contributed by atoms with Gasteiger partial charge in [0.05, 0.1) is 17.2 Å². The van der Waals surface area contributed by atoms with Crippen molar-refractivity contribution in [2.24, 2.45) is 0 Å². The van der Waals surface area contributed by atoms with Gasteiger partial charge in [-0.1, -0.05) is 18.2 Å². The zero-order valence-electron chi connectivity index (χ0n) is 18.7. The first-order valence-electron chi connectivity index (χ1n) is 10.9. The molecule has 2 aromatic rings. The number of carboxylic acids is 1. The van der Waals surface area contributed by atoms with Gasteiger partial charge in [-0.05, 0) is 55.7 Å². The van der Waals surface area contributed by atoms with Gasteiger partial charge in [-0.3, -0.25) is 10.1 Å². The van der Waals surface area contributed by atoms with Crippen LogP contribution in [0, 0.1) is 0 Å². The minimum absolute atomic E-state index is 0.0728. The summed E-state index contributed by atoms with van der Waals surface area (Å²) in [6, 6.07) is 10.5. The Hall–Kier alpha value is -3.11. The minimum atomic E-state index is -4.45. The minimum Gasteiger partial charge on any atom is -0.492 e. The molecule has 1 amide bonds. The number of aromatic carboxylic acids is 1. The van der Waals surface area contributed by atoms with Crippen molar-refractivity contribution in [1.29, 1.82) is 0 Å². The number of halogens is 3. The Morgan fingerprint density at radius 1 is 1.15 bits per heavy atom. The van der Waals surface area contributed by atoms with Crippen LogP contribution in [0.5, 0.6) is 5.75 Å². The molecule has 0 bridgehead atoms. The summed E-state index contributed by atoms with van der Waals surface area (Å²) in [5.41, 5.74) is -0.785. The molecule has 0 aromatic heterocycles. The predicted molar refractivity (Wildman–Crippen MR) is 118 cm³/mol. The molecule has 0 radical (unpaired) electrons. The molecular weight excluding hydrogens is 453 g/mol. The van der Waals surface area contributed by atoms with Crippen LogP contribution in [0.1, 0.15) is 47.3 Å². The number of carbonyl (C=O) groups excluding carboxylic acids is 1. The van der Waals surface area contributed by atoms with Gasteiger partial charge in [-0.15, -0.1) is 0 Å². The molecule has 0 aliphatic carbocycles. The van der Waals surface area contributed by atoms with Crippen molar-refractivity contribution in [3.8, 4) is 5.75 Å². The summed E-state index contributed by atoms with van der Waals surface area (Å²) < 4.78 is 49.5. The number of carbonyl (C=O) groups is 2. The second-order valence-corrected chi connectivity index (χ2v) is 8.12. The summed E-state index contributed by atoms with van der Waals surface area (Å²) in [6.45, 7) is 2.89. The molecule has 10 heteroatoms. The monoisotopic (exact) mass is 480 g/mol. The summed E-state index contributed by atoms with van der Waals surface area (Å²) >= 11 is 0. The highest BCUT2D eigenvalue weighted by Crippen LogP contribution is 2.31. The summed E-state index contributed by atoms with van der Waals surface area (Å²) in [7, 11) is 0. The lowest BCUT2D eigenvalue weighted by Gasteiger charge is -2.37. The first-order chi connectivity index (χ1) is 16.1. The van der Waals surface area contributed by atoms with Crippen molar-refractivity contribution >= 4 is 11.9 Å². The third-order valence-electron chi connectivity index (χ3n) is 5.78. The van der Waals surface area contributed by atoms with E-state index in [1.807, 2.05) is 0 Å². The van der Waals surface area contributed by atoms with E-state index < -0.39 is 23.2 Å². The molecule has 7 nitrogen and oxygen atoms in total. The largest absolute Gasteiger partial charge is 0.492 e. The number of rotatable bonds is 9. The Morgan fingerprint density at radius 3 is 2.44 bits per heavy atom. The van der Waals surface area contributed by atoms with E-state index in [1.54, 1.807) is 19.1 Å². The summed E-state index contributed by atoms with van der Waals surface area (Å²) in [5.74, 6) is -1.16. The number of amides is 1. The van der Waals surface area contributed by atoms with Crippen LogP contribution in [0.3, 0.4) is 0 Å². The van der Waals surface area contributed by atoms with Crippen molar-refractivity contribution in [3.63, 3.8) is 0 Å². The van der Waals surface area contributed by atoms with E-state index in [-0.39, 0.29) is 36.4 Å². The molecule has 184 valence electrons. The summed E-state index contributed by atoms with van der Waals surface area (Å²) in [5, 5.41) is 15.2. The number of hydrogen-bond donors (Lipinski definition) is 3. The molecule has 1 aliphatic rings. The zero-order chi connectivity index (χ0) is 24.8. The van der Waals surface area contributed by atoms with Gasteiger partial charge in [0, 0.05) is 19.8 Å². The maximum atomic E-state index is 13.2. The van der Waals surface area contributed by atoms with Crippen molar-refractivity contribution in [3.05, 3.63) is 65.2 Å². The van der Waals surface area contributed by atoms with E-state index in [9.17, 15) is 22.8 Å². The van der Waals surface area contributed by atoms with Gasteiger partial charge in [-0.25, -0.2) is 4.79 Å². The molecule has 1 aliphatic heterocycles. The molecule has 1 fully saturated rings. The molecule has 2 aromatic carbocycles. The first-order valence-corrected chi connectivity index (χ1v) is 10.9. The number of alkyl halides is 3. The van der Waals surface area contributed by atoms with Gasteiger partial charge >= 0.3 is 12.1 Å². The van der Waals surface area contributed by atoms with Gasteiger partial charge in [0.25, 0.3) is 0 Å². The highest BCUT2D eigenvalue weighted by Gasteiger charge is 2.40. The van der Waals surface area contributed by atoms with E-state index >= 15 is 0 Å². The van der Waals surface area contributed by atoms with E-state index in [0.29, 0.717) is 26.1 Å². The van der Waals surface area contributed by atoms with Crippen LogP contribution in [-0.4, -0.2) is 48.9 Å². The van der Waals surface area contributed by atoms with Crippen LogP contribution in [0.2, 0.25) is 0 Å². The Labute approximate surface area is 195 Å². The lowest BCUT2D eigenvalue weighted by molar-refractivity contribution is -0.137. The SMILES string of the molecule is CC(NC(=O)C1(NCCOc2cccc(C(F)(F)F)c2)CCOCC1)c1ccc(C(=O)O)cc1. The van der Waals surface area contributed by atoms with Crippen molar-refractivity contribution in [2.75, 3.05) is 26.4 Å². The third-order valence-corrected chi connectivity index (χ3v) is 5.78. The lowest BCUT2D eigenvalue weighted by atomic mass is 9.88. The van der Waals surface area contributed by atoms with Crippen LogP contribution in [0.25, 0.3) is 0 Å². The Morgan fingerprint density at radius 2 is 1.82 bits per heavy atom. The van der Waals surface area contributed by atoms with Gasteiger partial charge in [0.1, 0.15) is 17.9 Å². The Bertz CT molecular complexity index is 989. The average Bonchev–Trinajstić information content (AvgIpc) is 2.82. The van der Waals surface area contributed by atoms with Gasteiger partial charge in [0.2, 0.25) is 5.91 Å². The fraction of sp³-hybridized carbons (Fsp3) is 0.417. The fourth-order valence-electron chi connectivity index (χ4n) is 3.76. The standard InChI is InChI=1S/C24H27F3N2O5/c1-16(17-5-7-18(8-6-17)21(30)31)29-22(32)23(9-12-33-13-10-23)28-11-14-34-20-4-2-3-19(15-20)24(25,26)27/h2-8,15-16,28H,9-14H2,1H3,(H,29,32)(H,30,31). The lowest BCUT2D eigenvalue weighted by Crippen LogP contribution is -2.60. The van der Waals surface area contributed by atoms with E-state index in [2.05, 4.69) is 10.6 Å². The predicted octanol–water partition coefficient (Wildman–Crippen LogP) is 3.80. The van der Waals surface area contributed by atoms with Gasteiger partial charge in [0.15, 0.2) is 0 Å². The molecule has 1 saturated heterocycles. The molecule has 0 spiro atoms. The Kier molecular flexibility index (Phi) is 8.16. The normalized spacial score (nSPS) is 16.5. The first kappa shape index (κ1) is 25.5. The second kappa shape index (κ2) is 10.9. The number of carboxylic acid groups (broad SMARTS) is 1. The second-order valence-electron chi connectivity index (χ2n) is 8.12. The molecule has 3 N–H and O–H groups in total. The van der Waals surface area contributed by atoms with E-state index in [4.69, 9.17) is 14.6 Å². The number of hydrogen-bond acceptors (Lipinski definition) is 5. The average molecular weight is 480 g/mol. The van der Waals surface area contributed by atoms with Crippen LogP contribution in [0.4, 0.5) is 13.2 Å². The molecule has 1 atom stereocenters. The maximum absolute atomic E-state index is 13.2. The molecule has 0 saturated carbocycles. The van der Waals surface area contributed by atoms with Crippen LogP contribution < -0.4 is 15.4 Å². The van der Waals surface area contributed by atoms with Crippen molar-refractivity contribution < 1.29 is 37.3 Å². The van der Waals surface area contributed by atoms with Crippen LogP contribution >= 0.6 is 0 Å². The molecule has 1 unspecified atom stereocenters. The van der Waals surface area contributed by atoms with E-state index in [1.165, 1.54) is 24.3 Å². The molecule has 34 heavy (non-hydrogen) atoms. The maximum Gasteiger partial charge on any atom is 0.416 e. The number of ether oxygens (including phenoxy) is 2. The van der Waals surface area contributed by atoms with Crippen molar-refractivity contribution in [2.45, 2.75) is 37.5 Å². The summed E-state index contributed by atoms with van der Waals surface area (Å²) in [6.07, 6.45) is -3.60. The zero-order valence-corrected chi connectivity index (χ0v) is 18.7. The van der Waals surface area contributed by atoms with Crippen LogP contribution in [0.15, 0.2) is 48.5 Å². The molecule has 1 heterocycles.